The fraction of sp³-hybridized carbons (Fsp3) is 0.500. The quantitative estimate of drug-likeness (QED) is 0.626. The van der Waals surface area contributed by atoms with Gasteiger partial charge in [-0.05, 0) is 20.3 Å². The predicted molar refractivity (Wildman–Crippen MR) is 72.1 cm³/mol. The minimum Gasteiger partial charge on any atom is -0.370 e. The second-order valence-corrected chi connectivity index (χ2v) is 4.62. The van der Waals surface area contributed by atoms with Gasteiger partial charge in [0.25, 0.3) is 0 Å². The molecule has 0 aromatic carbocycles. The third-order valence-corrected chi connectivity index (χ3v) is 2.17. The number of aromatic nitrogens is 2. The summed E-state index contributed by atoms with van der Waals surface area (Å²) in [5.74, 6) is 1.59. The van der Waals surface area contributed by atoms with E-state index in [-0.39, 0.29) is 5.54 Å². The first kappa shape index (κ1) is 13.4. The Labute approximate surface area is 103 Å². The highest BCUT2D eigenvalue weighted by Gasteiger charge is 2.09. The van der Waals surface area contributed by atoms with Crippen LogP contribution in [-0.2, 0) is 0 Å². The molecule has 1 aromatic rings. The Morgan fingerprint density at radius 1 is 1.35 bits per heavy atom. The number of nitrogens with zero attached hydrogens (tertiary/aromatic N) is 2. The Morgan fingerprint density at radius 2 is 2.00 bits per heavy atom. The molecule has 0 saturated heterocycles. The number of nitrogens with one attached hydrogen (secondary N) is 2. The average Bonchev–Trinajstić information content (AvgIpc) is 2.25. The van der Waals surface area contributed by atoms with Crippen molar-refractivity contribution in [2.45, 2.75) is 25.8 Å². The molecule has 0 unspecified atom stereocenters. The van der Waals surface area contributed by atoms with E-state index in [4.69, 9.17) is 5.73 Å². The van der Waals surface area contributed by atoms with Crippen LogP contribution in [0.15, 0.2) is 25.0 Å². The van der Waals surface area contributed by atoms with E-state index in [1.54, 1.807) is 6.08 Å². The molecule has 0 atom stereocenters. The van der Waals surface area contributed by atoms with Crippen molar-refractivity contribution >= 4 is 11.6 Å². The molecule has 1 heterocycles. The molecule has 0 aliphatic carbocycles. The summed E-state index contributed by atoms with van der Waals surface area (Å²) in [5, 5.41) is 6.33. The van der Waals surface area contributed by atoms with Gasteiger partial charge in [-0.25, -0.2) is 9.97 Å². The lowest BCUT2D eigenvalue weighted by Gasteiger charge is -2.18. The van der Waals surface area contributed by atoms with Crippen molar-refractivity contribution in [3.63, 3.8) is 0 Å². The predicted octanol–water partition coefficient (Wildman–Crippen LogP) is 1.61. The van der Waals surface area contributed by atoms with Crippen LogP contribution in [0.1, 0.15) is 20.3 Å². The summed E-state index contributed by atoms with van der Waals surface area (Å²) in [6.45, 7) is 9.13. The molecule has 0 amide bonds. The standard InChI is InChI=1S/C12H21N5/c1-4-6-14-10-8-11(17-9-16-10)15-7-5-12(2,3)13/h4,8-9H,1,5-7,13H2,2-3H3,(H2,14,15,16,17). The van der Waals surface area contributed by atoms with Crippen LogP contribution in [0.4, 0.5) is 11.6 Å². The highest BCUT2D eigenvalue weighted by Crippen LogP contribution is 2.09. The van der Waals surface area contributed by atoms with E-state index in [1.807, 2.05) is 19.9 Å². The summed E-state index contributed by atoms with van der Waals surface area (Å²) in [5.41, 5.74) is 5.74. The van der Waals surface area contributed by atoms with E-state index in [0.29, 0.717) is 6.54 Å². The van der Waals surface area contributed by atoms with Gasteiger partial charge in [0, 0.05) is 24.7 Å². The highest BCUT2D eigenvalue weighted by atomic mass is 15.1. The summed E-state index contributed by atoms with van der Waals surface area (Å²) in [7, 11) is 0. The van der Waals surface area contributed by atoms with Crippen molar-refractivity contribution in [3.8, 4) is 0 Å². The molecule has 94 valence electrons. The molecule has 17 heavy (non-hydrogen) atoms. The molecule has 0 radical (unpaired) electrons. The van der Waals surface area contributed by atoms with Crippen molar-refractivity contribution in [3.05, 3.63) is 25.0 Å². The van der Waals surface area contributed by atoms with Crippen LogP contribution in [0, 0.1) is 0 Å². The van der Waals surface area contributed by atoms with Crippen LogP contribution in [0.3, 0.4) is 0 Å². The third kappa shape index (κ3) is 5.87. The summed E-state index contributed by atoms with van der Waals surface area (Å²) < 4.78 is 0. The van der Waals surface area contributed by atoms with Crippen LogP contribution < -0.4 is 16.4 Å². The smallest absolute Gasteiger partial charge is 0.131 e. The van der Waals surface area contributed by atoms with Gasteiger partial charge in [-0.3, -0.25) is 0 Å². The van der Waals surface area contributed by atoms with Gasteiger partial charge in [0.1, 0.15) is 18.0 Å². The average molecular weight is 235 g/mol. The van der Waals surface area contributed by atoms with E-state index in [2.05, 4.69) is 27.2 Å². The maximum absolute atomic E-state index is 5.90. The Hall–Kier alpha value is -1.62. The van der Waals surface area contributed by atoms with Crippen LogP contribution in [0.5, 0.6) is 0 Å². The van der Waals surface area contributed by atoms with Crippen LogP contribution in [0.2, 0.25) is 0 Å². The Morgan fingerprint density at radius 3 is 2.59 bits per heavy atom. The minimum absolute atomic E-state index is 0.163. The first-order valence-electron chi connectivity index (χ1n) is 5.71. The summed E-state index contributed by atoms with van der Waals surface area (Å²) in [6.07, 6.45) is 4.19. The Balaban J connectivity index is 2.45. The Bertz CT molecular complexity index is 356. The summed E-state index contributed by atoms with van der Waals surface area (Å²) in [6, 6.07) is 1.87. The molecular weight excluding hydrogens is 214 g/mol. The minimum atomic E-state index is -0.163. The fourth-order valence-corrected chi connectivity index (χ4v) is 1.24. The number of anilines is 2. The van der Waals surface area contributed by atoms with Crippen molar-refractivity contribution in [1.82, 2.24) is 9.97 Å². The summed E-state index contributed by atoms with van der Waals surface area (Å²) >= 11 is 0. The first-order chi connectivity index (χ1) is 8.01. The first-order valence-corrected chi connectivity index (χ1v) is 5.71. The van der Waals surface area contributed by atoms with Gasteiger partial charge in [-0.15, -0.1) is 6.58 Å². The molecule has 1 aromatic heterocycles. The van der Waals surface area contributed by atoms with E-state index in [0.717, 1.165) is 24.6 Å². The molecule has 0 bridgehead atoms. The number of nitrogens with two attached hydrogens (primary N) is 1. The molecule has 5 nitrogen and oxygen atoms in total. The lowest BCUT2D eigenvalue weighted by molar-refractivity contribution is 0.490. The van der Waals surface area contributed by atoms with Gasteiger partial charge >= 0.3 is 0 Å². The topological polar surface area (TPSA) is 75.9 Å². The zero-order valence-corrected chi connectivity index (χ0v) is 10.5. The number of hydrogen-bond acceptors (Lipinski definition) is 5. The van der Waals surface area contributed by atoms with Gasteiger partial charge in [0.05, 0.1) is 0 Å². The van der Waals surface area contributed by atoms with E-state index in [1.165, 1.54) is 6.33 Å². The summed E-state index contributed by atoms with van der Waals surface area (Å²) in [4.78, 5) is 8.24. The normalized spacial score (nSPS) is 11.0. The monoisotopic (exact) mass is 235 g/mol. The second-order valence-electron chi connectivity index (χ2n) is 4.62. The van der Waals surface area contributed by atoms with Gasteiger partial charge in [0.15, 0.2) is 0 Å². The van der Waals surface area contributed by atoms with Crippen molar-refractivity contribution < 1.29 is 0 Å². The lowest BCUT2D eigenvalue weighted by atomic mass is 10.0. The second kappa shape index (κ2) is 6.20. The van der Waals surface area contributed by atoms with Crippen molar-refractivity contribution in [2.75, 3.05) is 23.7 Å². The van der Waals surface area contributed by atoms with Gasteiger partial charge < -0.3 is 16.4 Å². The zero-order valence-electron chi connectivity index (χ0n) is 10.5. The fourth-order valence-electron chi connectivity index (χ4n) is 1.24. The molecular formula is C12H21N5. The molecule has 0 saturated carbocycles. The maximum Gasteiger partial charge on any atom is 0.131 e. The third-order valence-electron chi connectivity index (χ3n) is 2.17. The number of rotatable bonds is 7. The Kier molecular flexibility index (Phi) is 4.90. The van der Waals surface area contributed by atoms with E-state index in [9.17, 15) is 0 Å². The van der Waals surface area contributed by atoms with Crippen LogP contribution in [0.25, 0.3) is 0 Å². The van der Waals surface area contributed by atoms with Gasteiger partial charge in [-0.2, -0.15) is 0 Å². The van der Waals surface area contributed by atoms with Crippen molar-refractivity contribution in [1.29, 1.82) is 0 Å². The number of hydrogen-bond donors (Lipinski definition) is 3. The molecule has 0 aliphatic heterocycles. The lowest BCUT2D eigenvalue weighted by Crippen LogP contribution is -2.34. The molecule has 0 spiro atoms. The molecule has 1 rings (SSSR count). The van der Waals surface area contributed by atoms with Crippen LogP contribution in [-0.4, -0.2) is 28.6 Å². The van der Waals surface area contributed by atoms with Crippen molar-refractivity contribution in [2.24, 2.45) is 5.73 Å². The van der Waals surface area contributed by atoms with E-state index < -0.39 is 0 Å². The molecule has 5 heteroatoms. The molecule has 0 aliphatic rings. The molecule has 0 fully saturated rings. The van der Waals surface area contributed by atoms with E-state index >= 15 is 0 Å². The largest absolute Gasteiger partial charge is 0.370 e. The molecule has 4 N–H and O–H groups in total. The van der Waals surface area contributed by atoms with Crippen LogP contribution >= 0.6 is 0 Å². The zero-order chi connectivity index (χ0) is 12.7. The maximum atomic E-state index is 5.90. The van der Waals surface area contributed by atoms with Gasteiger partial charge in [0.2, 0.25) is 0 Å². The SMILES string of the molecule is C=CCNc1cc(NCCC(C)(C)N)ncn1. The highest BCUT2D eigenvalue weighted by molar-refractivity contribution is 5.46. The van der Waals surface area contributed by atoms with Gasteiger partial charge in [-0.1, -0.05) is 6.08 Å².